The standard InChI is InChI=1S/C12H14N2O2/c1-13-12(16)5-2-8-7-14-11-4-3-9(15)6-10(8)11/h3-4,6-7,14-15H,2,5H2,1H3,(H,13,16). The van der Waals surface area contributed by atoms with Crippen LogP contribution in [0.3, 0.4) is 0 Å². The summed E-state index contributed by atoms with van der Waals surface area (Å²) in [6.07, 6.45) is 3.01. The van der Waals surface area contributed by atoms with Gasteiger partial charge in [0.15, 0.2) is 0 Å². The Morgan fingerprint density at radius 3 is 3.06 bits per heavy atom. The largest absolute Gasteiger partial charge is 0.508 e. The molecule has 1 aromatic heterocycles. The SMILES string of the molecule is CNC(=O)CCc1c[nH]c2ccc(O)cc12. The molecule has 0 saturated heterocycles. The maximum atomic E-state index is 11.1. The van der Waals surface area contributed by atoms with E-state index in [0.717, 1.165) is 16.5 Å². The Hall–Kier alpha value is -1.97. The Labute approximate surface area is 93.3 Å². The third-order valence-corrected chi connectivity index (χ3v) is 2.65. The number of aromatic hydroxyl groups is 1. The topological polar surface area (TPSA) is 65.1 Å². The number of aromatic nitrogens is 1. The van der Waals surface area contributed by atoms with Crippen molar-refractivity contribution < 1.29 is 9.90 Å². The molecule has 0 aliphatic heterocycles. The first-order valence-electron chi connectivity index (χ1n) is 5.20. The average Bonchev–Trinajstić information content (AvgIpc) is 2.68. The number of nitrogens with one attached hydrogen (secondary N) is 2. The van der Waals surface area contributed by atoms with Crippen molar-refractivity contribution in [1.82, 2.24) is 10.3 Å². The summed E-state index contributed by atoms with van der Waals surface area (Å²) < 4.78 is 0. The van der Waals surface area contributed by atoms with Gasteiger partial charge in [0.05, 0.1) is 0 Å². The molecule has 1 amide bonds. The molecule has 0 saturated carbocycles. The second-order valence-corrected chi connectivity index (χ2v) is 3.72. The number of benzene rings is 1. The van der Waals surface area contributed by atoms with Gasteiger partial charge in [0.2, 0.25) is 5.91 Å². The fourth-order valence-corrected chi connectivity index (χ4v) is 1.75. The number of fused-ring (bicyclic) bond motifs is 1. The van der Waals surface area contributed by atoms with Gasteiger partial charge in [-0.25, -0.2) is 0 Å². The minimum Gasteiger partial charge on any atom is -0.508 e. The third kappa shape index (κ3) is 2.00. The molecule has 0 fully saturated rings. The Balaban J connectivity index is 2.24. The van der Waals surface area contributed by atoms with E-state index in [1.165, 1.54) is 0 Å². The first-order valence-corrected chi connectivity index (χ1v) is 5.20. The van der Waals surface area contributed by atoms with Crippen LogP contribution in [-0.4, -0.2) is 23.0 Å². The molecule has 1 heterocycles. The second-order valence-electron chi connectivity index (χ2n) is 3.72. The van der Waals surface area contributed by atoms with E-state index in [-0.39, 0.29) is 11.7 Å². The van der Waals surface area contributed by atoms with Crippen LogP contribution in [-0.2, 0) is 11.2 Å². The number of hydrogen-bond donors (Lipinski definition) is 3. The van der Waals surface area contributed by atoms with E-state index >= 15 is 0 Å². The maximum Gasteiger partial charge on any atom is 0.220 e. The summed E-state index contributed by atoms with van der Waals surface area (Å²) in [6.45, 7) is 0. The zero-order valence-corrected chi connectivity index (χ0v) is 9.08. The highest BCUT2D eigenvalue weighted by atomic mass is 16.3. The monoisotopic (exact) mass is 218 g/mol. The van der Waals surface area contributed by atoms with Gasteiger partial charge in [-0.3, -0.25) is 4.79 Å². The Morgan fingerprint density at radius 2 is 2.31 bits per heavy atom. The number of aromatic amines is 1. The predicted molar refractivity (Wildman–Crippen MR) is 62.4 cm³/mol. The molecule has 3 N–H and O–H groups in total. The van der Waals surface area contributed by atoms with Gasteiger partial charge < -0.3 is 15.4 Å². The van der Waals surface area contributed by atoms with E-state index in [1.807, 2.05) is 12.3 Å². The van der Waals surface area contributed by atoms with Crippen LogP contribution < -0.4 is 5.32 Å². The van der Waals surface area contributed by atoms with Gasteiger partial charge in [0, 0.05) is 30.6 Å². The highest BCUT2D eigenvalue weighted by Gasteiger charge is 2.06. The molecule has 4 nitrogen and oxygen atoms in total. The van der Waals surface area contributed by atoms with Crippen molar-refractivity contribution >= 4 is 16.8 Å². The summed E-state index contributed by atoms with van der Waals surface area (Å²) in [5.41, 5.74) is 2.03. The van der Waals surface area contributed by atoms with Gasteiger partial charge >= 0.3 is 0 Å². The van der Waals surface area contributed by atoms with Gasteiger partial charge in [-0.05, 0) is 30.2 Å². The molecule has 0 bridgehead atoms. The number of phenols is 1. The van der Waals surface area contributed by atoms with Crippen LogP contribution in [0.5, 0.6) is 5.75 Å². The van der Waals surface area contributed by atoms with E-state index in [2.05, 4.69) is 10.3 Å². The number of hydrogen-bond acceptors (Lipinski definition) is 2. The van der Waals surface area contributed by atoms with Gasteiger partial charge in [-0.15, -0.1) is 0 Å². The van der Waals surface area contributed by atoms with E-state index in [0.29, 0.717) is 12.8 Å². The van der Waals surface area contributed by atoms with Crippen molar-refractivity contribution in [2.45, 2.75) is 12.8 Å². The molecule has 0 unspecified atom stereocenters. The molecule has 0 atom stereocenters. The van der Waals surface area contributed by atoms with Crippen molar-refractivity contribution in [3.63, 3.8) is 0 Å². The van der Waals surface area contributed by atoms with Crippen molar-refractivity contribution in [1.29, 1.82) is 0 Å². The smallest absolute Gasteiger partial charge is 0.220 e. The summed E-state index contributed by atoms with van der Waals surface area (Å²) in [5, 5.41) is 13.0. The minimum atomic E-state index is 0.0227. The molecule has 4 heteroatoms. The van der Waals surface area contributed by atoms with Gasteiger partial charge in [0.1, 0.15) is 5.75 Å². The molecule has 0 spiro atoms. The number of aryl methyl sites for hydroxylation is 1. The van der Waals surface area contributed by atoms with Crippen LogP contribution in [0.15, 0.2) is 24.4 Å². The van der Waals surface area contributed by atoms with Crippen LogP contribution >= 0.6 is 0 Å². The molecular formula is C12H14N2O2. The summed E-state index contributed by atoms with van der Waals surface area (Å²) >= 11 is 0. The van der Waals surface area contributed by atoms with Crippen LogP contribution in [0.1, 0.15) is 12.0 Å². The fraction of sp³-hybridized carbons (Fsp3) is 0.250. The highest BCUT2D eigenvalue weighted by Crippen LogP contribution is 2.23. The molecule has 84 valence electrons. The van der Waals surface area contributed by atoms with Gasteiger partial charge in [-0.2, -0.15) is 0 Å². The molecular weight excluding hydrogens is 204 g/mol. The molecule has 0 aliphatic carbocycles. The van der Waals surface area contributed by atoms with E-state index in [1.54, 1.807) is 19.2 Å². The van der Waals surface area contributed by atoms with Crippen LogP contribution in [0.4, 0.5) is 0 Å². The lowest BCUT2D eigenvalue weighted by Gasteiger charge is -1.99. The normalized spacial score (nSPS) is 10.6. The summed E-state index contributed by atoms with van der Waals surface area (Å²) in [4.78, 5) is 14.3. The zero-order chi connectivity index (χ0) is 11.5. The van der Waals surface area contributed by atoms with Crippen molar-refractivity contribution in [2.24, 2.45) is 0 Å². The maximum absolute atomic E-state index is 11.1. The Bertz CT molecular complexity index is 517. The van der Waals surface area contributed by atoms with Crippen molar-refractivity contribution in [2.75, 3.05) is 7.05 Å². The quantitative estimate of drug-likeness (QED) is 0.731. The minimum absolute atomic E-state index is 0.0227. The van der Waals surface area contributed by atoms with E-state index < -0.39 is 0 Å². The molecule has 16 heavy (non-hydrogen) atoms. The lowest BCUT2D eigenvalue weighted by atomic mass is 10.1. The molecule has 2 aromatic rings. The lowest BCUT2D eigenvalue weighted by Crippen LogP contribution is -2.17. The molecule has 1 aromatic carbocycles. The summed E-state index contributed by atoms with van der Waals surface area (Å²) in [5.74, 6) is 0.266. The number of carbonyl (C=O) groups is 1. The van der Waals surface area contributed by atoms with Crippen molar-refractivity contribution in [3.8, 4) is 5.75 Å². The lowest BCUT2D eigenvalue weighted by molar-refractivity contribution is -0.120. The van der Waals surface area contributed by atoms with Crippen LogP contribution in [0.2, 0.25) is 0 Å². The fourth-order valence-electron chi connectivity index (χ4n) is 1.75. The van der Waals surface area contributed by atoms with E-state index in [4.69, 9.17) is 0 Å². The Morgan fingerprint density at radius 1 is 1.50 bits per heavy atom. The zero-order valence-electron chi connectivity index (χ0n) is 9.08. The van der Waals surface area contributed by atoms with Crippen LogP contribution in [0.25, 0.3) is 10.9 Å². The third-order valence-electron chi connectivity index (χ3n) is 2.65. The first kappa shape index (κ1) is 10.5. The molecule has 2 rings (SSSR count). The van der Waals surface area contributed by atoms with Crippen molar-refractivity contribution in [3.05, 3.63) is 30.0 Å². The molecule has 0 aliphatic rings. The average molecular weight is 218 g/mol. The number of phenolic OH excluding ortho intramolecular Hbond substituents is 1. The Kier molecular flexibility index (Phi) is 2.81. The number of rotatable bonds is 3. The van der Waals surface area contributed by atoms with Crippen LogP contribution in [0, 0.1) is 0 Å². The predicted octanol–water partition coefficient (Wildman–Crippen LogP) is 1.55. The second kappa shape index (κ2) is 4.26. The number of carbonyl (C=O) groups excluding carboxylic acids is 1. The van der Waals surface area contributed by atoms with Gasteiger partial charge in [0.25, 0.3) is 0 Å². The van der Waals surface area contributed by atoms with Gasteiger partial charge in [-0.1, -0.05) is 0 Å². The summed E-state index contributed by atoms with van der Waals surface area (Å²) in [6, 6.07) is 5.18. The summed E-state index contributed by atoms with van der Waals surface area (Å²) in [7, 11) is 1.63. The highest BCUT2D eigenvalue weighted by molar-refractivity contribution is 5.85. The molecule has 0 radical (unpaired) electrons. The number of amides is 1. The first-order chi connectivity index (χ1) is 7.70. The van der Waals surface area contributed by atoms with E-state index in [9.17, 15) is 9.90 Å². The number of H-pyrrole nitrogens is 1.